The molecule has 0 amide bonds. The minimum atomic E-state index is 0.564. The molecule has 0 saturated heterocycles. The molecule has 0 aliphatic rings. The summed E-state index contributed by atoms with van der Waals surface area (Å²) in [5, 5.41) is 14.0. The van der Waals surface area contributed by atoms with E-state index in [0.29, 0.717) is 5.88 Å². The van der Waals surface area contributed by atoms with E-state index in [1.807, 2.05) is 43.3 Å². The van der Waals surface area contributed by atoms with Gasteiger partial charge in [-0.2, -0.15) is 0 Å². The molecule has 0 aliphatic carbocycles. The van der Waals surface area contributed by atoms with Crippen molar-refractivity contribution < 1.29 is 4.74 Å². The van der Waals surface area contributed by atoms with Gasteiger partial charge in [-0.3, -0.25) is 0 Å². The maximum atomic E-state index is 5.18. The van der Waals surface area contributed by atoms with Crippen LogP contribution in [-0.2, 0) is 0 Å². The van der Waals surface area contributed by atoms with E-state index < -0.39 is 0 Å². The molecule has 0 radical (unpaired) electrons. The number of pyridine rings is 1. The van der Waals surface area contributed by atoms with Gasteiger partial charge in [-0.05, 0) is 13.0 Å². The monoisotopic (exact) mass is 280 g/mol. The number of nitrogens with zero attached hydrogens (tertiary/aromatic N) is 3. The van der Waals surface area contributed by atoms with E-state index in [0.717, 1.165) is 34.4 Å². The Hall–Kier alpha value is -2.69. The largest absolute Gasteiger partial charge is 0.481 e. The van der Waals surface area contributed by atoms with Crippen molar-refractivity contribution in [2.45, 2.75) is 6.92 Å². The maximum Gasteiger partial charge on any atom is 0.213 e. The van der Waals surface area contributed by atoms with E-state index in [9.17, 15) is 0 Å². The van der Waals surface area contributed by atoms with Crippen LogP contribution < -0.4 is 10.1 Å². The van der Waals surface area contributed by atoms with Crippen molar-refractivity contribution in [3.8, 4) is 17.1 Å². The Kier molecular flexibility index (Phi) is 3.64. The second kappa shape index (κ2) is 5.75. The summed E-state index contributed by atoms with van der Waals surface area (Å²) in [6, 6.07) is 11.9. The number of methoxy groups -OCH3 is 1. The predicted octanol–water partition coefficient (Wildman–Crippen LogP) is 3.13. The van der Waals surface area contributed by atoms with Gasteiger partial charge in [-0.15, -0.1) is 10.2 Å². The lowest BCUT2D eigenvalue weighted by molar-refractivity contribution is 0.398. The summed E-state index contributed by atoms with van der Waals surface area (Å²) in [7, 11) is 1.60. The summed E-state index contributed by atoms with van der Waals surface area (Å²) in [5.74, 6) is 1.37. The third-order valence-electron chi connectivity index (χ3n) is 3.25. The van der Waals surface area contributed by atoms with Crippen molar-refractivity contribution in [3.63, 3.8) is 0 Å². The van der Waals surface area contributed by atoms with Gasteiger partial charge in [0.25, 0.3) is 0 Å². The van der Waals surface area contributed by atoms with Crippen LogP contribution in [0.1, 0.15) is 6.92 Å². The molecular formula is C16H16N4O. The minimum absolute atomic E-state index is 0.564. The van der Waals surface area contributed by atoms with Crippen LogP contribution in [0.2, 0.25) is 0 Å². The fraction of sp³-hybridized carbons (Fsp3) is 0.188. The lowest BCUT2D eigenvalue weighted by atomic mass is 10.1. The molecule has 1 N–H and O–H groups in total. The van der Waals surface area contributed by atoms with Crippen LogP contribution in [0.4, 0.5) is 5.82 Å². The molecule has 0 aliphatic heterocycles. The molecule has 5 nitrogen and oxygen atoms in total. The normalized spacial score (nSPS) is 10.6. The van der Waals surface area contributed by atoms with Gasteiger partial charge in [0.2, 0.25) is 5.88 Å². The quantitative estimate of drug-likeness (QED) is 0.795. The van der Waals surface area contributed by atoms with Gasteiger partial charge in [0.15, 0.2) is 5.82 Å². The van der Waals surface area contributed by atoms with Crippen molar-refractivity contribution in [2.75, 3.05) is 19.0 Å². The molecule has 0 saturated carbocycles. The lowest BCUT2D eigenvalue weighted by Crippen LogP contribution is -2.02. The first-order chi connectivity index (χ1) is 10.3. The Balaban J connectivity index is 2.21. The second-order valence-electron chi connectivity index (χ2n) is 4.56. The molecule has 0 fully saturated rings. The Labute approximate surface area is 123 Å². The molecule has 0 unspecified atom stereocenters. The molecule has 0 bridgehead atoms. The summed E-state index contributed by atoms with van der Waals surface area (Å²) in [6.45, 7) is 2.85. The van der Waals surface area contributed by atoms with Crippen LogP contribution in [0.25, 0.3) is 22.0 Å². The number of nitrogens with one attached hydrogen (secondary N) is 1. The summed E-state index contributed by atoms with van der Waals surface area (Å²) in [5.41, 5.74) is 1.77. The van der Waals surface area contributed by atoms with Crippen molar-refractivity contribution in [2.24, 2.45) is 0 Å². The molecule has 3 aromatic rings. The number of hydrogen-bond donors (Lipinski definition) is 1. The fourth-order valence-electron chi connectivity index (χ4n) is 2.28. The van der Waals surface area contributed by atoms with Crippen LogP contribution in [0.5, 0.6) is 5.88 Å². The number of benzene rings is 1. The van der Waals surface area contributed by atoms with Gasteiger partial charge in [0, 0.05) is 35.1 Å². The average Bonchev–Trinajstić information content (AvgIpc) is 2.55. The smallest absolute Gasteiger partial charge is 0.213 e. The van der Waals surface area contributed by atoms with E-state index in [4.69, 9.17) is 4.74 Å². The van der Waals surface area contributed by atoms with E-state index in [1.54, 1.807) is 13.3 Å². The van der Waals surface area contributed by atoms with Crippen molar-refractivity contribution in [1.82, 2.24) is 15.2 Å². The van der Waals surface area contributed by atoms with E-state index in [-0.39, 0.29) is 0 Å². The van der Waals surface area contributed by atoms with Gasteiger partial charge in [0.1, 0.15) is 5.69 Å². The highest BCUT2D eigenvalue weighted by molar-refractivity contribution is 6.00. The average molecular weight is 280 g/mol. The van der Waals surface area contributed by atoms with E-state index >= 15 is 0 Å². The zero-order chi connectivity index (χ0) is 14.7. The zero-order valence-corrected chi connectivity index (χ0v) is 12.0. The maximum absolute atomic E-state index is 5.18. The molecule has 5 heteroatoms. The van der Waals surface area contributed by atoms with Crippen LogP contribution in [0.15, 0.2) is 42.6 Å². The number of ether oxygens (including phenoxy) is 1. The molecule has 0 atom stereocenters. The first-order valence-corrected chi connectivity index (χ1v) is 6.83. The highest BCUT2D eigenvalue weighted by Crippen LogP contribution is 2.30. The second-order valence-corrected chi connectivity index (χ2v) is 4.56. The van der Waals surface area contributed by atoms with Crippen molar-refractivity contribution >= 4 is 16.6 Å². The fourth-order valence-corrected chi connectivity index (χ4v) is 2.28. The molecular weight excluding hydrogens is 264 g/mol. The number of rotatable bonds is 4. The van der Waals surface area contributed by atoms with Gasteiger partial charge < -0.3 is 10.1 Å². The SMILES string of the molecule is CCNc1nnc(-c2ccnc(OC)c2)c2ccccc12. The number of anilines is 1. The number of hydrogen-bond acceptors (Lipinski definition) is 5. The summed E-state index contributed by atoms with van der Waals surface area (Å²) >= 11 is 0. The van der Waals surface area contributed by atoms with Crippen LogP contribution in [0, 0.1) is 0 Å². The van der Waals surface area contributed by atoms with E-state index in [2.05, 4.69) is 20.5 Å². The van der Waals surface area contributed by atoms with Crippen molar-refractivity contribution in [1.29, 1.82) is 0 Å². The highest BCUT2D eigenvalue weighted by Gasteiger charge is 2.11. The standard InChI is InChI=1S/C16H16N4O/c1-3-17-16-13-7-5-4-6-12(13)15(19-20-16)11-8-9-18-14(10-11)21-2/h4-10H,3H2,1-2H3,(H,17,20). The summed E-state index contributed by atoms with van der Waals surface area (Å²) in [6.07, 6.45) is 1.71. The topological polar surface area (TPSA) is 59.9 Å². The third kappa shape index (κ3) is 2.50. The number of fused-ring (bicyclic) bond motifs is 1. The predicted molar refractivity (Wildman–Crippen MR) is 83.5 cm³/mol. The molecule has 2 heterocycles. The molecule has 0 spiro atoms. The van der Waals surface area contributed by atoms with Crippen molar-refractivity contribution in [3.05, 3.63) is 42.6 Å². The van der Waals surface area contributed by atoms with Gasteiger partial charge >= 0.3 is 0 Å². The molecule has 2 aromatic heterocycles. The summed E-state index contributed by atoms with van der Waals surface area (Å²) < 4.78 is 5.18. The Bertz CT molecular complexity index is 773. The van der Waals surface area contributed by atoms with Gasteiger partial charge in [-0.1, -0.05) is 24.3 Å². The molecule has 3 rings (SSSR count). The van der Waals surface area contributed by atoms with E-state index in [1.165, 1.54) is 0 Å². The third-order valence-corrected chi connectivity index (χ3v) is 3.25. The van der Waals surface area contributed by atoms with Crippen LogP contribution >= 0.6 is 0 Å². The molecule has 21 heavy (non-hydrogen) atoms. The number of aromatic nitrogens is 3. The Morgan fingerprint density at radius 3 is 2.67 bits per heavy atom. The van der Waals surface area contributed by atoms with Gasteiger partial charge in [-0.25, -0.2) is 4.98 Å². The molecule has 1 aromatic carbocycles. The minimum Gasteiger partial charge on any atom is -0.481 e. The zero-order valence-electron chi connectivity index (χ0n) is 12.0. The summed E-state index contributed by atoms with van der Waals surface area (Å²) in [4.78, 5) is 4.13. The first kappa shape index (κ1) is 13.3. The first-order valence-electron chi connectivity index (χ1n) is 6.83. The highest BCUT2D eigenvalue weighted by atomic mass is 16.5. The Morgan fingerprint density at radius 1 is 1.10 bits per heavy atom. The van der Waals surface area contributed by atoms with Gasteiger partial charge in [0.05, 0.1) is 7.11 Å². The lowest BCUT2D eigenvalue weighted by Gasteiger charge is -2.10. The van der Waals surface area contributed by atoms with Crippen LogP contribution in [0.3, 0.4) is 0 Å². The Morgan fingerprint density at radius 2 is 1.90 bits per heavy atom. The molecule has 106 valence electrons. The van der Waals surface area contributed by atoms with Crippen LogP contribution in [-0.4, -0.2) is 28.8 Å².